The lowest BCUT2D eigenvalue weighted by Crippen LogP contribution is -2.66. The molecule has 1 saturated heterocycles. The summed E-state index contributed by atoms with van der Waals surface area (Å²) in [5.41, 5.74) is 2.28. The molecule has 0 saturated carbocycles. The van der Waals surface area contributed by atoms with E-state index in [1.54, 1.807) is 10.4 Å². The number of thiazole rings is 1. The van der Waals surface area contributed by atoms with Crippen LogP contribution in [0.5, 0.6) is 0 Å². The number of carbonyl (C=O) groups is 2. The van der Waals surface area contributed by atoms with Gasteiger partial charge in [-0.15, -0.1) is 11.3 Å². The van der Waals surface area contributed by atoms with Crippen LogP contribution in [0.25, 0.3) is 0 Å². The molecule has 20 heavy (non-hydrogen) atoms. The van der Waals surface area contributed by atoms with E-state index in [9.17, 15) is 9.59 Å². The summed E-state index contributed by atoms with van der Waals surface area (Å²) in [4.78, 5) is 30.8. The van der Waals surface area contributed by atoms with Gasteiger partial charge in [-0.05, 0) is 11.8 Å². The first kappa shape index (κ1) is 15.0. The van der Waals surface area contributed by atoms with E-state index in [1.807, 2.05) is 33.1 Å². The van der Waals surface area contributed by atoms with Gasteiger partial charge in [0.05, 0.1) is 17.7 Å². The van der Waals surface area contributed by atoms with Gasteiger partial charge in [0.25, 0.3) is 0 Å². The summed E-state index contributed by atoms with van der Waals surface area (Å²) in [6, 6.07) is -0.876. The highest BCUT2D eigenvalue weighted by Gasteiger charge is 2.44. The highest BCUT2D eigenvalue weighted by molar-refractivity contribution is 7.07. The molecule has 110 valence electrons. The van der Waals surface area contributed by atoms with Crippen molar-refractivity contribution in [2.45, 2.75) is 52.7 Å². The zero-order chi connectivity index (χ0) is 14.9. The number of nitrogens with one attached hydrogen (secondary N) is 1. The first-order valence-corrected chi connectivity index (χ1v) is 7.76. The summed E-state index contributed by atoms with van der Waals surface area (Å²) in [7, 11) is 0. The average Bonchev–Trinajstić information content (AvgIpc) is 2.85. The summed E-state index contributed by atoms with van der Waals surface area (Å²) >= 11 is 1.50. The van der Waals surface area contributed by atoms with Gasteiger partial charge in [0.15, 0.2) is 0 Å². The maximum atomic E-state index is 12.7. The topological polar surface area (TPSA) is 62.3 Å². The normalized spacial score (nSPS) is 23.9. The molecule has 1 N–H and O–H groups in total. The molecule has 1 aromatic heterocycles. The minimum atomic E-state index is -0.476. The quantitative estimate of drug-likeness (QED) is 0.925. The van der Waals surface area contributed by atoms with Crippen molar-refractivity contribution >= 4 is 23.2 Å². The van der Waals surface area contributed by atoms with E-state index in [4.69, 9.17) is 0 Å². The molecule has 1 fully saturated rings. The molecule has 0 radical (unpaired) electrons. The van der Waals surface area contributed by atoms with E-state index >= 15 is 0 Å². The van der Waals surface area contributed by atoms with Crippen LogP contribution in [0.15, 0.2) is 10.9 Å². The highest BCUT2D eigenvalue weighted by Crippen LogP contribution is 2.27. The van der Waals surface area contributed by atoms with Gasteiger partial charge in [-0.3, -0.25) is 9.59 Å². The zero-order valence-corrected chi connectivity index (χ0v) is 13.2. The second-order valence-electron chi connectivity index (χ2n) is 6.18. The summed E-state index contributed by atoms with van der Waals surface area (Å²) in [5, 5.41) is 4.78. The van der Waals surface area contributed by atoms with Gasteiger partial charge in [0.1, 0.15) is 12.1 Å². The van der Waals surface area contributed by atoms with Crippen LogP contribution in [0, 0.1) is 5.41 Å². The maximum absolute atomic E-state index is 12.7. The summed E-state index contributed by atoms with van der Waals surface area (Å²) in [5.74, 6) is -0.0841. The van der Waals surface area contributed by atoms with Crippen molar-refractivity contribution in [1.82, 2.24) is 15.2 Å². The van der Waals surface area contributed by atoms with Crippen LogP contribution in [0.1, 0.15) is 39.8 Å². The number of hydrogen-bond donors (Lipinski definition) is 1. The summed E-state index contributed by atoms with van der Waals surface area (Å²) in [6.07, 6.45) is 0.610. The Bertz CT molecular complexity index is 493. The molecule has 2 atom stereocenters. The minimum absolute atomic E-state index is 0.0167. The smallest absolute Gasteiger partial charge is 0.246 e. The van der Waals surface area contributed by atoms with Crippen LogP contribution in [0.4, 0.5) is 0 Å². The summed E-state index contributed by atoms with van der Waals surface area (Å²) < 4.78 is 0. The number of hydrogen-bond acceptors (Lipinski definition) is 4. The van der Waals surface area contributed by atoms with Crippen LogP contribution in [-0.4, -0.2) is 33.8 Å². The van der Waals surface area contributed by atoms with Crippen LogP contribution < -0.4 is 5.32 Å². The molecule has 6 heteroatoms. The molecule has 0 bridgehead atoms. The van der Waals surface area contributed by atoms with Crippen molar-refractivity contribution in [3.05, 3.63) is 16.6 Å². The molecular formula is C14H21N3O2S. The van der Waals surface area contributed by atoms with Crippen LogP contribution in [0.2, 0.25) is 0 Å². The Balaban J connectivity index is 2.28. The molecule has 2 amide bonds. The predicted molar refractivity (Wildman–Crippen MR) is 78.1 cm³/mol. The first-order valence-electron chi connectivity index (χ1n) is 6.82. The molecule has 1 aliphatic heterocycles. The molecule has 0 spiro atoms. The molecule has 0 aliphatic carbocycles. The number of amides is 2. The fourth-order valence-corrected chi connectivity index (χ4v) is 2.98. The fourth-order valence-electron chi connectivity index (χ4n) is 2.43. The van der Waals surface area contributed by atoms with Gasteiger partial charge in [-0.1, -0.05) is 27.7 Å². The van der Waals surface area contributed by atoms with Gasteiger partial charge in [-0.25, -0.2) is 4.98 Å². The lowest BCUT2D eigenvalue weighted by molar-refractivity contribution is -0.153. The number of aromatic nitrogens is 1. The number of rotatable bonds is 3. The van der Waals surface area contributed by atoms with E-state index in [1.165, 1.54) is 11.3 Å². The Labute approximate surface area is 123 Å². The molecule has 5 nitrogen and oxygen atoms in total. The lowest BCUT2D eigenvalue weighted by atomic mass is 9.83. The molecular weight excluding hydrogens is 274 g/mol. The summed E-state index contributed by atoms with van der Waals surface area (Å²) in [6.45, 7) is 8.21. The standard InChI is InChI=1S/C14H21N3O2S/c1-5-10-12(18)16-11(14(2,3)4)13(19)17(10)6-9-7-20-8-15-9/h7-8,10-11H,5-6H2,1-4H3,(H,16,18). The van der Waals surface area contributed by atoms with Gasteiger partial charge >= 0.3 is 0 Å². The van der Waals surface area contributed by atoms with Gasteiger partial charge < -0.3 is 10.2 Å². The lowest BCUT2D eigenvalue weighted by Gasteiger charge is -2.42. The molecule has 2 heterocycles. The molecule has 2 unspecified atom stereocenters. The Kier molecular flexibility index (Phi) is 4.13. The fraction of sp³-hybridized carbons (Fsp3) is 0.643. The minimum Gasteiger partial charge on any atom is -0.342 e. The van der Waals surface area contributed by atoms with Crippen LogP contribution in [-0.2, 0) is 16.1 Å². The SMILES string of the molecule is CCC1C(=O)NC(C(C)(C)C)C(=O)N1Cc1cscn1. The first-order chi connectivity index (χ1) is 9.34. The molecule has 1 aliphatic rings. The van der Waals surface area contributed by atoms with Gasteiger partial charge in [-0.2, -0.15) is 0 Å². The van der Waals surface area contributed by atoms with E-state index in [0.29, 0.717) is 13.0 Å². The predicted octanol–water partition coefficient (Wildman–Crippen LogP) is 1.79. The van der Waals surface area contributed by atoms with Crippen LogP contribution in [0.3, 0.4) is 0 Å². The number of carbonyl (C=O) groups excluding carboxylic acids is 2. The molecule has 2 rings (SSSR count). The Morgan fingerprint density at radius 3 is 2.60 bits per heavy atom. The van der Waals surface area contributed by atoms with E-state index in [2.05, 4.69) is 10.3 Å². The number of piperazine rings is 1. The number of nitrogens with zero attached hydrogens (tertiary/aromatic N) is 2. The highest BCUT2D eigenvalue weighted by atomic mass is 32.1. The van der Waals surface area contributed by atoms with Crippen molar-refractivity contribution in [3.8, 4) is 0 Å². The molecule has 1 aromatic rings. The Morgan fingerprint density at radius 2 is 2.10 bits per heavy atom. The zero-order valence-electron chi connectivity index (χ0n) is 12.3. The van der Waals surface area contributed by atoms with Crippen molar-refractivity contribution in [3.63, 3.8) is 0 Å². The second-order valence-corrected chi connectivity index (χ2v) is 6.90. The van der Waals surface area contributed by atoms with E-state index in [-0.39, 0.29) is 17.2 Å². The van der Waals surface area contributed by atoms with Crippen LogP contribution >= 0.6 is 11.3 Å². The maximum Gasteiger partial charge on any atom is 0.246 e. The Hall–Kier alpha value is -1.43. The third-order valence-electron chi connectivity index (χ3n) is 3.56. The molecule has 0 aromatic carbocycles. The van der Waals surface area contributed by atoms with Crippen molar-refractivity contribution in [1.29, 1.82) is 0 Å². The van der Waals surface area contributed by atoms with Crippen molar-refractivity contribution in [2.24, 2.45) is 5.41 Å². The van der Waals surface area contributed by atoms with E-state index in [0.717, 1.165) is 5.69 Å². The average molecular weight is 295 g/mol. The second kappa shape index (κ2) is 5.52. The third kappa shape index (κ3) is 2.85. The van der Waals surface area contributed by atoms with Gasteiger partial charge in [0.2, 0.25) is 11.8 Å². The van der Waals surface area contributed by atoms with E-state index < -0.39 is 12.1 Å². The third-order valence-corrected chi connectivity index (χ3v) is 4.20. The Morgan fingerprint density at radius 1 is 1.40 bits per heavy atom. The van der Waals surface area contributed by atoms with Crippen molar-refractivity contribution < 1.29 is 9.59 Å². The largest absolute Gasteiger partial charge is 0.342 e. The monoisotopic (exact) mass is 295 g/mol. The van der Waals surface area contributed by atoms with Crippen molar-refractivity contribution in [2.75, 3.05) is 0 Å². The van der Waals surface area contributed by atoms with Gasteiger partial charge in [0, 0.05) is 5.38 Å².